The summed E-state index contributed by atoms with van der Waals surface area (Å²) in [4.78, 5) is 0. The van der Waals surface area contributed by atoms with Gasteiger partial charge in [0.1, 0.15) is 5.82 Å². The molecule has 0 spiro atoms. The van der Waals surface area contributed by atoms with Crippen molar-refractivity contribution in [1.29, 1.82) is 0 Å². The van der Waals surface area contributed by atoms with Gasteiger partial charge in [-0.25, -0.2) is 4.39 Å². The third-order valence-electron chi connectivity index (χ3n) is 3.46. The SMILES string of the molecule is CC(C)C1CC(c2ccc(F)cc2)C1. The fraction of sp³-hybridized carbons (Fsp3) is 0.538. The third-order valence-corrected chi connectivity index (χ3v) is 3.46. The molecule has 0 unspecified atom stereocenters. The van der Waals surface area contributed by atoms with Crippen molar-refractivity contribution in [3.05, 3.63) is 35.6 Å². The summed E-state index contributed by atoms with van der Waals surface area (Å²) in [6.45, 7) is 4.57. The molecule has 1 aromatic carbocycles. The van der Waals surface area contributed by atoms with Crippen molar-refractivity contribution in [3.63, 3.8) is 0 Å². The Morgan fingerprint density at radius 3 is 2.21 bits per heavy atom. The smallest absolute Gasteiger partial charge is 0.123 e. The summed E-state index contributed by atoms with van der Waals surface area (Å²) in [6, 6.07) is 6.99. The summed E-state index contributed by atoms with van der Waals surface area (Å²) in [5.41, 5.74) is 1.31. The molecule has 0 radical (unpaired) electrons. The molecule has 1 fully saturated rings. The molecule has 1 saturated carbocycles. The number of benzene rings is 1. The molecule has 0 aromatic heterocycles. The van der Waals surface area contributed by atoms with E-state index in [1.54, 1.807) is 12.1 Å². The fourth-order valence-corrected chi connectivity index (χ4v) is 2.21. The Hall–Kier alpha value is -0.850. The zero-order chi connectivity index (χ0) is 10.1. The highest BCUT2D eigenvalue weighted by molar-refractivity contribution is 5.22. The molecule has 1 aliphatic carbocycles. The average Bonchev–Trinajstić information content (AvgIpc) is 2.05. The van der Waals surface area contributed by atoms with Crippen molar-refractivity contribution in [2.24, 2.45) is 11.8 Å². The zero-order valence-electron chi connectivity index (χ0n) is 8.83. The molecule has 1 heteroatoms. The number of rotatable bonds is 2. The summed E-state index contributed by atoms with van der Waals surface area (Å²) < 4.78 is 12.7. The van der Waals surface area contributed by atoms with Crippen LogP contribution in [-0.4, -0.2) is 0 Å². The lowest BCUT2D eigenvalue weighted by Gasteiger charge is -2.38. The van der Waals surface area contributed by atoms with Gasteiger partial charge in [-0.3, -0.25) is 0 Å². The van der Waals surface area contributed by atoms with E-state index >= 15 is 0 Å². The van der Waals surface area contributed by atoms with Crippen LogP contribution in [0.2, 0.25) is 0 Å². The van der Waals surface area contributed by atoms with Crippen LogP contribution in [-0.2, 0) is 0 Å². The first-order valence-corrected chi connectivity index (χ1v) is 5.42. The monoisotopic (exact) mass is 192 g/mol. The van der Waals surface area contributed by atoms with Crippen LogP contribution in [0.1, 0.15) is 38.2 Å². The van der Waals surface area contributed by atoms with Crippen molar-refractivity contribution in [1.82, 2.24) is 0 Å². The van der Waals surface area contributed by atoms with Crippen molar-refractivity contribution >= 4 is 0 Å². The quantitative estimate of drug-likeness (QED) is 0.665. The Balaban J connectivity index is 1.96. The highest BCUT2D eigenvalue weighted by atomic mass is 19.1. The van der Waals surface area contributed by atoms with Crippen LogP contribution in [0.4, 0.5) is 4.39 Å². The molecule has 0 saturated heterocycles. The van der Waals surface area contributed by atoms with Gasteiger partial charge in [-0.05, 0) is 48.3 Å². The van der Waals surface area contributed by atoms with E-state index in [0.29, 0.717) is 5.92 Å². The van der Waals surface area contributed by atoms with Gasteiger partial charge < -0.3 is 0 Å². The van der Waals surface area contributed by atoms with Crippen LogP contribution in [0.15, 0.2) is 24.3 Å². The highest BCUT2D eigenvalue weighted by Crippen LogP contribution is 2.44. The molecule has 0 bridgehead atoms. The van der Waals surface area contributed by atoms with Gasteiger partial charge >= 0.3 is 0 Å². The van der Waals surface area contributed by atoms with Crippen molar-refractivity contribution in [2.75, 3.05) is 0 Å². The van der Waals surface area contributed by atoms with E-state index in [1.807, 2.05) is 12.1 Å². The van der Waals surface area contributed by atoms with Crippen molar-refractivity contribution < 1.29 is 4.39 Å². The molecule has 0 nitrogen and oxygen atoms in total. The molecule has 0 N–H and O–H groups in total. The van der Waals surface area contributed by atoms with Gasteiger partial charge in [-0.2, -0.15) is 0 Å². The second kappa shape index (κ2) is 3.72. The van der Waals surface area contributed by atoms with Gasteiger partial charge in [0, 0.05) is 0 Å². The summed E-state index contributed by atoms with van der Waals surface area (Å²) >= 11 is 0. The molecule has 1 aliphatic rings. The number of halogens is 1. The Morgan fingerprint density at radius 1 is 1.14 bits per heavy atom. The first-order chi connectivity index (χ1) is 6.66. The van der Waals surface area contributed by atoms with E-state index in [1.165, 1.54) is 18.4 Å². The topological polar surface area (TPSA) is 0 Å². The van der Waals surface area contributed by atoms with Crippen LogP contribution < -0.4 is 0 Å². The minimum Gasteiger partial charge on any atom is -0.207 e. The van der Waals surface area contributed by atoms with Crippen LogP contribution in [0.5, 0.6) is 0 Å². The summed E-state index contributed by atoms with van der Waals surface area (Å²) in [7, 11) is 0. The highest BCUT2D eigenvalue weighted by Gasteiger charge is 2.31. The van der Waals surface area contributed by atoms with Crippen molar-refractivity contribution in [2.45, 2.75) is 32.6 Å². The predicted octanol–water partition coefficient (Wildman–Crippen LogP) is 3.98. The van der Waals surface area contributed by atoms with Crippen molar-refractivity contribution in [3.8, 4) is 0 Å². The average molecular weight is 192 g/mol. The minimum atomic E-state index is -0.131. The number of hydrogen-bond acceptors (Lipinski definition) is 0. The molecule has 2 rings (SSSR count). The Kier molecular flexibility index (Phi) is 2.58. The normalized spacial score (nSPS) is 26.3. The molecule has 1 aromatic rings. The summed E-state index contributed by atoms with van der Waals surface area (Å²) in [5.74, 6) is 2.23. The van der Waals surface area contributed by atoms with Gasteiger partial charge in [-0.1, -0.05) is 26.0 Å². The Morgan fingerprint density at radius 2 is 1.71 bits per heavy atom. The van der Waals surface area contributed by atoms with E-state index in [-0.39, 0.29) is 5.82 Å². The van der Waals surface area contributed by atoms with Gasteiger partial charge in [0.25, 0.3) is 0 Å². The number of hydrogen-bond donors (Lipinski definition) is 0. The van der Waals surface area contributed by atoms with Crippen LogP contribution >= 0.6 is 0 Å². The van der Waals surface area contributed by atoms with Crippen LogP contribution in [0.3, 0.4) is 0 Å². The zero-order valence-corrected chi connectivity index (χ0v) is 8.83. The predicted molar refractivity (Wildman–Crippen MR) is 56.7 cm³/mol. The molecular formula is C13H17F. The molecule has 76 valence electrons. The van der Waals surface area contributed by atoms with Gasteiger partial charge in [0.2, 0.25) is 0 Å². The largest absolute Gasteiger partial charge is 0.207 e. The van der Waals surface area contributed by atoms with E-state index in [2.05, 4.69) is 13.8 Å². The lowest BCUT2D eigenvalue weighted by Crippen LogP contribution is -2.25. The van der Waals surface area contributed by atoms with Crippen LogP contribution in [0, 0.1) is 17.7 Å². The first kappa shape index (κ1) is 9.70. The molecule has 0 amide bonds. The van der Waals surface area contributed by atoms with E-state index in [0.717, 1.165) is 11.8 Å². The van der Waals surface area contributed by atoms with E-state index < -0.39 is 0 Å². The third kappa shape index (κ3) is 1.82. The second-order valence-electron chi connectivity index (χ2n) is 4.72. The molecule has 0 aliphatic heterocycles. The van der Waals surface area contributed by atoms with E-state index in [9.17, 15) is 4.39 Å². The minimum absolute atomic E-state index is 0.131. The Bertz CT molecular complexity index is 294. The Labute approximate surface area is 85.1 Å². The van der Waals surface area contributed by atoms with Gasteiger partial charge in [0.05, 0.1) is 0 Å². The maximum atomic E-state index is 12.7. The lowest BCUT2D eigenvalue weighted by molar-refractivity contribution is 0.196. The molecule has 0 heterocycles. The molecule has 0 atom stereocenters. The maximum Gasteiger partial charge on any atom is 0.123 e. The lowest BCUT2D eigenvalue weighted by atomic mass is 9.67. The molecular weight excluding hydrogens is 175 g/mol. The van der Waals surface area contributed by atoms with Gasteiger partial charge in [0.15, 0.2) is 0 Å². The van der Waals surface area contributed by atoms with Crippen LogP contribution in [0.25, 0.3) is 0 Å². The molecule has 14 heavy (non-hydrogen) atoms. The van der Waals surface area contributed by atoms with Gasteiger partial charge in [-0.15, -0.1) is 0 Å². The summed E-state index contributed by atoms with van der Waals surface area (Å²) in [6.07, 6.45) is 2.56. The maximum absolute atomic E-state index is 12.7. The summed E-state index contributed by atoms with van der Waals surface area (Å²) in [5, 5.41) is 0. The second-order valence-corrected chi connectivity index (χ2v) is 4.72. The fourth-order valence-electron chi connectivity index (χ4n) is 2.21. The first-order valence-electron chi connectivity index (χ1n) is 5.42. The van der Waals surface area contributed by atoms with E-state index in [4.69, 9.17) is 0 Å². The standard InChI is InChI=1S/C13H17F/c1-9(2)11-7-12(8-11)10-3-5-13(14)6-4-10/h3-6,9,11-12H,7-8H2,1-2H3.